The van der Waals surface area contributed by atoms with E-state index in [4.69, 9.17) is 0 Å². The lowest BCUT2D eigenvalue weighted by atomic mass is 9.83. The molecule has 4 aromatic carbocycles. The Labute approximate surface area is 313 Å². The minimum absolute atomic E-state index is 0.0963. The molecule has 1 heterocycles. The number of nitriles is 1. The highest BCUT2D eigenvalue weighted by molar-refractivity contribution is 8.00. The first-order valence-corrected chi connectivity index (χ1v) is 19.0. The van der Waals surface area contributed by atoms with Gasteiger partial charge in [-0.3, -0.25) is 14.4 Å². The standard InChI is InChI=1S/C43H40N4O3S2/c1-27(2)30-19-17-29(18-20-30)23-38(46-41(49)32-13-8-5-9-14-32)42(50)45-34-15-10-16-35(25-34)51-28(3)40(48)47-43-37(26-44)36-22-21-33(24-39(36)52-43)31-11-6-4-7-12-31/h4-20,23,25,27-28,33H,21-22,24H2,1-3H3,(H,45,50)(H,46,49)(H,47,48)/b38-23+. The fourth-order valence-electron chi connectivity index (χ4n) is 6.20. The highest BCUT2D eigenvalue weighted by atomic mass is 32.2. The number of nitrogens with zero attached hydrogens (tertiary/aromatic N) is 1. The topological polar surface area (TPSA) is 111 Å². The van der Waals surface area contributed by atoms with Gasteiger partial charge in [0.15, 0.2) is 0 Å². The maximum atomic E-state index is 13.7. The number of carbonyl (C=O) groups excluding carboxylic acids is 3. The molecule has 0 fully saturated rings. The van der Waals surface area contributed by atoms with Crippen molar-refractivity contribution in [2.45, 2.75) is 62.0 Å². The molecule has 52 heavy (non-hydrogen) atoms. The minimum Gasteiger partial charge on any atom is -0.321 e. The van der Waals surface area contributed by atoms with Crippen LogP contribution in [0.5, 0.6) is 0 Å². The number of rotatable bonds is 11. The van der Waals surface area contributed by atoms with Crippen LogP contribution in [0, 0.1) is 11.3 Å². The zero-order chi connectivity index (χ0) is 36.6. The molecule has 0 saturated heterocycles. The van der Waals surface area contributed by atoms with E-state index in [-0.39, 0.29) is 11.6 Å². The summed E-state index contributed by atoms with van der Waals surface area (Å²) < 4.78 is 0. The normalized spacial score (nSPS) is 14.5. The number of fused-ring (bicyclic) bond motifs is 1. The third kappa shape index (κ3) is 8.89. The Balaban J connectivity index is 1.13. The summed E-state index contributed by atoms with van der Waals surface area (Å²) in [5, 5.41) is 18.9. The van der Waals surface area contributed by atoms with E-state index < -0.39 is 17.1 Å². The fraction of sp³-hybridized carbons (Fsp3) is 0.209. The van der Waals surface area contributed by atoms with Gasteiger partial charge in [0.1, 0.15) is 16.8 Å². The average Bonchev–Trinajstić information content (AvgIpc) is 3.51. The number of anilines is 2. The second-order valence-electron chi connectivity index (χ2n) is 13.1. The number of nitrogens with one attached hydrogen (secondary N) is 3. The first-order valence-electron chi connectivity index (χ1n) is 17.3. The van der Waals surface area contributed by atoms with Crippen molar-refractivity contribution in [3.8, 4) is 6.07 Å². The quantitative estimate of drug-likeness (QED) is 0.0929. The van der Waals surface area contributed by atoms with Gasteiger partial charge in [0.05, 0.1) is 10.8 Å². The molecule has 1 aromatic heterocycles. The number of benzene rings is 4. The SMILES string of the molecule is CC(Sc1cccc(NC(=O)/C(=C\c2ccc(C(C)C)cc2)NC(=O)c2ccccc2)c1)C(=O)Nc1sc2c(c1C#N)CCC(c1ccccc1)C2. The largest absolute Gasteiger partial charge is 0.321 e. The molecule has 1 aliphatic rings. The van der Waals surface area contributed by atoms with Crippen molar-refractivity contribution in [3.63, 3.8) is 0 Å². The van der Waals surface area contributed by atoms with Crippen molar-refractivity contribution >= 4 is 57.6 Å². The molecular weight excluding hydrogens is 685 g/mol. The number of hydrogen-bond acceptors (Lipinski definition) is 6. The van der Waals surface area contributed by atoms with Crippen LogP contribution in [0.15, 0.2) is 120 Å². The summed E-state index contributed by atoms with van der Waals surface area (Å²) in [6, 6.07) is 36.7. The second kappa shape index (κ2) is 16.7. The number of hydrogen-bond donors (Lipinski definition) is 3. The lowest BCUT2D eigenvalue weighted by Crippen LogP contribution is -2.30. The van der Waals surface area contributed by atoms with Gasteiger partial charge < -0.3 is 16.0 Å². The van der Waals surface area contributed by atoms with Gasteiger partial charge in [0.2, 0.25) is 5.91 Å². The summed E-state index contributed by atoms with van der Waals surface area (Å²) in [4.78, 5) is 42.1. The van der Waals surface area contributed by atoms with Gasteiger partial charge in [-0.1, -0.05) is 92.7 Å². The van der Waals surface area contributed by atoms with E-state index in [1.165, 1.54) is 34.2 Å². The second-order valence-corrected chi connectivity index (χ2v) is 15.6. The van der Waals surface area contributed by atoms with Crippen molar-refractivity contribution in [2.75, 3.05) is 10.6 Å². The smallest absolute Gasteiger partial charge is 0.272 e. The molecule has 3 N–H and O–H groups in total. The molecule has 0 radical (unpaired) electrons. The maximum absolute atomic E-state index is 13.7. The number of amides is 3. The Morgan fingerprint density at radius 1 is 0.885 bits per heavy atom. The third-order valence-electron chi connectivity index (χ3n) is 9.10. The lowest BCUT2D eigenvalue weighted by Gasteiger charge is -2.22. The van der Waals surface area contributed by atoms with Crippen LogP contribution in [0.25, 0.3) is 6.08 Å². The summed E-state index contributed by atoms with van der Waals surface area (Å²) in [7, 11) is 0. The van der Waals surface area contributed by atoms with E-state index in [0.29, 0.717) is 33.7 Å². The molecule has 2 atom stereocenters. The minimum atomic E-state index is -0.483. The van der Waals surface area contributed by atoms with Crippen LogP contribution in [0.3, 0.4) is 0 Å². The van der Waals surface area contributed by atoms with E-state index in [1.54, 1.807) is 42.5 Å². The molecule has 2 unspecified atom stereocenters. The van der Waals surface area contributed by atoms with Crippen molar-refractivity contribution in [1.29, 1.82) is 5.26 Å². The summed E-state index contributed by atoms with van der Waals surface area (Å²) in [5.74, 6) is -0.321. The maximum Gasteiger partial charge on any atom is 0.272 e. The summed E-state index contributed by atoms with van der Waals surface area (Å²) >= 11 is 2.86. The Hall–Kier alpha value is -5.43. The number of thiophene rings is 1. The van der Waals surface area contributed by atoms with Crippen molar-refractivity contribution < 1.29 is 14.4 Å². The van der Waals surface area contributed by atoms with Crippen LogP contribution < -0.4 is 16.0 Å². The van der Waals surface area contributed by atoms with E-state index in [1.807, 2.05) is 55.5 Å². The van der Waals surface area contributed by atoms with E-state index in [9.17, 15) is 19.6 Å². The van der Waals surface area contributed by atoms with Crippen LogP contribution in [0.2, 0.25) is 0 Å². The zero-order valence-electron chi connectivity index (χ0n) is 29.3. The lowest BCUT2D eigenvalue weighted by molar-refractivity contribution is -0.115. The molecule has 3 amide bonds. The van der Waals surface area contributed by atoms with Crippen LogP contribution in [0.1, 0.15) is 82.1 Å². The van der Waals surface area contributed by atoms with Crippen LogP contribution in [-0.2, 0) is 22.4 Å². The molecule has 262 valence electrons. The highest BCUT2D eigenvalue weighted by Crippen LogP contribution is 2.42. The summed E-state index contributed by atoms with van der Waals surface area (Å²) in [6.45, 7) is 6.05. The molecule has 9 heteroatoms. The third-order valence-corrected chi connectivity index (χ3v) is 11.4. The van der Waals surface area contributed by atoms with Gasteiger partial charge in [0.25, 0.3) is 11.8 Å². The Morgan fingerprint density at radius 3 is 2.29 bits per heavy atom. The molecule has 6 rings (SSSR count). The van der Waals surface area contributed by atoms with Crippen LogP contribution >= 0.6 is 23.1 Å². The molecule has 0 bridgehead atoms. The van der Waals surface area contributed by atoms with Crippen molar-refractivity contribution in [1.82, 2.24) is 5.32 Å². The van der Waals surface area contributed by atoms with E-state index >= 15 is 0 Å². The molecular formula is C43H40N4O3S2. The Kier molecular flexibility index (Phi) is 11.7. The summed E-state index contributed by atoms with van der Waals surface area (Å²) in [5.41, 5.74) is 5.92. The molecule has 1 aliphatic carbocycles. The van der Waals surface area contributed by atoms with Crippen LogP contribution in [0.4, 0.5) is 10.7 Å². The predicted octanol–water partition coefficient (Wildman–Crippen LogP) is 9.54. The van der Waals surface area contributed by atoms with Gasteiger partial charge in [-0.15, -0.1) is 23.1 Å². The molecule has 5 aromatic rings. The first kappa shape index (κ1) is 36.4. The highest BCUT2D eigenvalue weighted by Gasteiger charge is 2.28. The molecule has 0 aliphatic heterocycles. The van der Waals surface area contributed by atoms with E-state index in [0.717, 1.165) is 40.2 Å². The Bertz CT molecular complexity index is 2130. The Morgan fingerprint density at radius 2 is 1.60 bits per heavy atom. The molecule has 0 saturated carbocycles. The summed E-state index contributed by atoms with van der Waals surface area (Å²) in [6.07, 6.45) is 4.29. The van der Waals surface area contributed by atoms with Gasteiger partial charge in [-0.2, -0.15) is 5.26 Å². The number of carbonyl (C=O) groups is 3. The monoisotopic (exact) mass is 724 g/mol. The molecule has 0 spiro atoms. The fourth-order valence-corrected chi connectivity index (χ4v) is 8.41. The van der Waals surface area contributed by atoms with Gasteiger partial charge >= 0.3 is 0 Å². The predicted molar refractivity (Wildman–Crippen MR) is 212 cm³/mol. The van der Waals surface area contributed by atoms with Gasteiger partial charge in [0, 0.05) is 21.0 Å². The van der Waals surface area contributed by atoms with Crippen molar-refractivity contribution in [3.05, 3.63) is 153 Å². The molecule has 7 nitrogen and oxygen atoms in total. The zero-order valence-corrected chi connectivity index (χ0v) is 30.9. The van der Waals surface area contributed by atoms with Crippen LogP contribution in [-0.4, -0.2) is 23.0 Å². The van der Waals surface area contributed by atoms with Crippen molar-refractivity contribution in [2.24, 2.45) is 0 Å². The van der Waals surface area contributed by atoms with Gasteiger partial charge in [-0.05, 0) is 96.7 Å². The average molecular weight is 725 g/mol. The van der Waals surface area contributed by atoms with Gasteiger partial charge in [-0.25, -0.2) is 0 Å². The van der Waals surface area contributed by atoms with E-state index in [2.05, 4.69) is 60.1 Å². The first-order chi connectivity index (χ1) is 25.2. The number of thioether (sulfide) groups is 1.